The SMILES string of the molecule is CC(C)(C)c1ccc(O[C@H](c2ccc3c(c2)[C@@H](C(=O)NCCC(=O)OCc2ccc(-c4ccccc4)cc2)N(C(=O)O)CC3)C2CCCC2)cc1. The van der Waals surface area contributed by atoms with Gasteiger partial charge in [-0.25, -0.2) is 4.79 Å². The van der Waals surface area contributed by atoms with Gasteiger partial charge in [-0.1, -0.05) is 112 Å². The predicted octanol–water partition coefficient (Wildman–Crippen LogP) is 8.79. The molecule has 2 atom stereocenters. The molecule has 0 aromatic heterocycles. The van der Waals surface area contributed by atoms with Crippen molar-refractivity contribution in [3.8, 4) is 16.9 Å². The smallest absolute Gasteiger partial charge is 0.408 e. The minimum atomic E-state index is -1.16. The van der Waals surface area contributed by atoms with Crippen molar-refractivity contribution in [1.82, 2.24) is 10.2 Å². The minimum Gasteiger partial charge on any atom is -0.485 e. The highest BCUT2D eigenvalue weighted by molar-refractivity contribution is 5.88. The normalized spacial score (nSPS) is 16.6. The fourth-order valence-corrected chi connectivity index (χ4v) is 7.22. The number of ether oxygens (including phenoxy) is 2. The second kappa shape index (κ2) is 15.8. The number of nitrogens with zero attached hydrogens (tertiary/aromatic N) is 1. The molecular formula is C43H48N2O6. The van der Waals surface area contributed by atoms with Gasteiger partial charge in [-0.05, 0) is 81.8 Å². The van der Waals surface area contributed by atoms with Crippen LogP contribution in [0.4, 0.5) is 4.79 Å². The number of carboxylic acid groups (broad SMARTS) is 1. The lowest BCUT2D eigenvalue weighted by Gasteiger charge is -2.35. The molecule has 1 heterocycles. The maximum Gasteiger partial charge on any atom is 0.408 e. The van der Waals surface area contributed by atoms with E-state index in [4.69, 9.17) is 9.47 Å². The summed E-state index contributed by atoms with van der Waals surface area (Å²) in [6.07, 6.45) is 3.44. The van der Waals surface area contributed by atoms with Crippen LogP contribution in [0.3, 0.4) is 0 Å². The van der Waals surface area contributed by atoms with Gasteiger partial charge in [0, 0.05) is 19.0 Å². The van der Waals surface area contributed by atoms with E-state index in [0.717, 1.165) is 59.3 Å². The Morgan fingerprint density at radius 1 is 0.882 bits per heavy atom. The number of hydrogen-bond acceptors (Lipinski definition) is 5. The highest BCUT2D eigenvalue weighted by Gasteiger charge is 2.37. The third-order valence-electron chi connectivity index (χ3n) is 10.1. The molecule has 1 saturated carbocycles. The molecule has 1 aliphatic heterocycles. The van der Waals surface area contributed by atoms with E-state index in [1.165, 1.54) is 10.5 Å². The molecule has 0 bridgehead atoms. The van der Waals surface area contributed by atoms with Crippen molar-refractivity contribution in [3.63, 3.8) is 0 Å². The van der Waals surface area contributed by atoms with Crippen LogP contribution in [0.5, 0.6) is 5.75 Å². The molecule has 1 aliphatic carbocycles. The number of esters is 1. The number of carbonyl (C=O) groups is 3. The summed E-state index contributed by atoms with van der Waals surface area (Å²) in [6, 6.07) is 31.2. The molecule has 2 N–H and O–H groups in total. The van der Waals surface area contributed by atoms with Crippen molar-refractivity contribution in [2.45, 2.75) is 83.5 Å². The number of hydrogen-bond donors (Lipinski definition) is 2. The maximum absolute atomic E-state index is 13.7. The van der Waals surface area contributed by atoms with Gasteiger partial charge >= 0.3 is 12.1 Å². The Morgan fingerprint density at radius 3 is 2.24 bits per heavy atom. The average Bonchev–Trinajstić information content (AvgIpc) is 3.67. The van der Waals surface area contributed by atoms with Crippen LogP contribution in [-0.2, 0) is 32.8 Å². The quantitative estimate of drug-likeness (QED) is 0.153. The van der Waals surface area contributed by atoms with Crippen molar-refractivity contribution in [2.24, 2.45) is 5.92 Å². The number of nitrogens with one attached hydrogen (secondary N) is 1. The second-order valence-electron chi connectivity index (χ2n) is 14.7. The molecule has 266 valence electrons. The minimum absolute atomic E-state index is 0.0297. The van der Waals surface area contributed by atoms with Crippen molar-refractivity contribution >= 4 is 18.0 Å². The first-order valence-corrected chi connectivity index (χ1v) is 18.0. The summed E-state index contributed by atoms with van der Waals surface area (Å²) >= 11 is 0. The first kappa shape index (κ1) is 35.7. The van der Waals surface area contributed by atoms with Gasteiger partial charge in [0.05, 0.1) is 6.42 Å². The molecule has 0 radical (unpaired) electrons. The Morgan fingerprint density at radius 2 is 1.57 bits per heavy atom. The topological polar surface area (TPSA) is 105 Å². The van der Waals surface area contributed by atoms with Gasteiger partial charge in [-0.3, -0.25) is 14.5 Å². The molecule has 1 fully saturated rings. The van der Waals surface area contributed by atoms with Crippen LogP contribution in [0.25, 0.3) is 11.1 Å². The van der Waals surface area contributed by atoms with Crippen LogP contribution in [0.15, 0.2) is 97.1 Å². The molecule has 51 heavy (non-hydrogen) atoms. The Bertz CT molecular complexity index is 1810. The fourth-order valence-electron chi connectivity index (χ4n) is 7.22. The van der Waals surface area contributed by atoms with E-state index in [-0.39, 0.29) is 37.6 Å². The maximum atomic E-state index is 13.7. The van der Waals surface area contributed by atoms with E-state index in [2.05, 4.69) is 44.3 Å². The lowest BCUT2D eigenvalue weighted by atomic mass is 9.86. The van der Waals surface area contributed by atoms with Crippen LogP contribution >= 0.6 is 0 Å². The summed E-state index contributed by atoms with van der Waals surface area (Å²) < 4.78 is 12.2. The molecule has 0 saturated heterocycles. The number of carbonyl (C=O) groups excluding carboxylic acids is 2. The summed E-state index contributed by atoms with van der Waals surface area (Å²) in [4.78, 5) is 39.9. The first-order valence-electron chi connectivity index (χ1n) is 18.0. The molecular weight excluding hydrogens is 640 g/mol. The molecule has 0 unspecified atom stereocenters. The van der Waals surface area contributed by atoms with Crippen molar-refractivity contribution < 1.29 is 29.0 Å². The highest BCUT2D eigenvalue weighted by Crippen LogP contribution is 2.41. The van der Waals surface area contributed by atoms with Gasteiger partial charge in [-0.15, -0.1) is 0 Å². The Labute approximate surface area is 300 Å². The second-order valence-corrected chi connectivity index (χ2v) is 14.7. The monoisotopic (exact) mass is 688 g/mol. The van der Waals surface area contributed by atoms with Gasteiger partial charge in [0.1, 0.15) is 24.5 Å². The van der Waals surface area contributed by atoms with Gasteiger partial charge in [0.25, 0.3) is 0 Å². The van der Waals surface area contributed by atoms with Gasteiger partial charge in [-0.2, -0.15) is 0 Å². The van der Waals surface area contributed by atoms with Crippen molar-refractivity contribution in [2.75, 3.05) is 13.1 Å². The molecule has 8 nitrogen and oxygen atoms in total. The van der Waals surface area contributed by atoms with E-state index < -0.39 is 24.0 Å². The van der Waals surface area contributed by atoms with E-state index in [1.54, 1.807) is 0 Å². The summed E-state index contributed by atoms with van der Waals surface area (Å²) in [6.45, 7) is 6.91. The third kappa shape index (κ3) is 8.80. The largest absolute Gasteiger partial charge is 0.485 e. The zero-order valence-corrected chi connectivity index (χ0v) is 29.8. The third-order valence-corrected chi connectivity index (χ3v) is 10.1. The number of fused-ring (bicyclic) bond motifs is 1. The molecule has 2 amide bonds. The van der Waals surface area contributed by atoms with E-state index >= 15 is 0 Å². The van der Waals surface area contributed by atoms with E-state index in [1.807, 2.05) is 78.9 Å². The number of benzene rings is 4. The molecule has 0 spiro atoms. The summed E-state index contributed by atoms with van der Waals surface area (Å²) in [5.41, 5.74) is 6.84. The molecule has 8 heteroatoms. The van der Waals surface area contributed by atoms with Gasteiger partial charge < -0.3 is 19.9 Å². The lowest BCUT2D eigenvalue weighted by molar-refractivity contribution is -0.144. The first-order chi connectivity index (χ1) is 24.6. The zero-order valence-electron chi connectivity index (χ0n) is 29.8. The number of amides is 2. The molecule has 2 aliphatic rings. The van der Waals surface area contributed by atoms with E-state index in [9.17, 15) is 19.5 Å². The number of rotatable bonds is 11. The van der Waals surface area contributed by atoms with E-state index in [0.29, 0.717) is 17.9 Å². The molecule has 4 aromatic carbocycles. The summed E-state index contributed by atoms with van der Waals surface area (Å²) in [7, 11) is 0. The van der Waals surface area contributed by atoms with Crippen LogP contribution in [-0.4, -0.2) is 41.1 Å². The Balaban J connectivity index is 1.12. The van der Waals surface area contributed by atoms with Crippen molar-refractivity contribution in [3.05, 3.63) is 125 Å². The predicted molar refractivity (Wildman–Crippen MR) is 197 cm³/mol. The summed E-state index contributed by atoms with van der Waals surface area (Å²) in [5.74, 6) is 0.187. The van der Waals surface area contributed by atoms with Crippen molar-refractivity contribution in [1.29, 1.82) is 0 Å². The summed E-state index contributed by atoms with van der Waals surface area (Å²) in [5, 5.41) is 12.9. The Kier molecular flexibility index (Phi) is 11.1. The lowest BCUT2D eigenvalue weighted by Crippen LogP contribution is -2.47. The van der Waals surface area contributed by atoms with Crippen LogP contribution < -0.4 is 10.1 Å². The van der Waals surface area contributed by atoms with Crippen LogP contribution in [0.2, 0.25) is 0 Å². The standard InChI is InChI=1S/C43H48N2O6/c1-43(2,3)35-19-21-36(22-20-35)51-40(33-11-7-8-12-33)34-18-17-32-24-26-45(42(48)49)39(37(32)27-34)41(47)44-25-23-38(46)50-28-29-13-15-31(16-14-29)30-9-5-4-6-10-30/h4-6,9-10,13-22,27,33,39-40H,7-8,11-12,23-26,28H2,1-3H3,(H,44,47)(H,48,49)/t39-,40-/m0/s1. The molecule has 4 aromatic rings. The average molecular weight is 689 g/mol. The van der Waals surface area contributed by atoms with Crippen LogP contribution in [0.1, 0.15) is 92.8 Å². The zero-order chi connectivity index (χ0) is 36.0. The Hall–Kier alpha value is -5.11. The van der Waals surface area contributed by atoms with Gasteiger partial charge in [0.2, 0.25) is 5.91 Å². The fraction of sp³-hybridized carbons (Fsp3) is 0.372. The van der Waals surface area contributed by atoms with Crippen LogP contribution in [0, 0.1) is 5.92 Å². The highest BCUT2D eigenvalue weighted by atomic mass is 16.5. The van der Waals surface area contributed by atoms with Gasteiger partial charge in [0.15, 0.2) is 0 Å². The molecule has 6 rings (SSSR count).